The van der Waals surface area contributed by atoms with Gasteiger partial charge in [0.05, 0.1) is 6.21 Å². The van der Waals surface area contributed by atoms with E-state index in [4.69, 9.17) is 11.6 Å². The summed E-state index contributed by atoms with van der Waals surface area (Å²) in [6, 6.07) is 16.6. The maximum atomic E-state index is 11.8. The minimum atomic E-state index is -0.405. The fraction of sp³-hybridized carbons (Fsp3) is 0. The van der Waals surface area contributed by atoms with Gasteiger partial charge in [-0.2, -0.15) is 14.9 Å². The van der Waals surface area contributed by atoms with Crippen molar-refractivity contribution in [3.63, 3.8) is 0 Å². The third kappa shape index (κ3) is 2.78. The summed E-state index contributed by atoms with van der Waals surface area (Å²) in [7, 11) is 0. The first kappa shape index (κ1) is 13.3. The number of rotatable bonds is 3. The Morgan fingerprint density at radius 2 is 1.81 bits per heavy atom. The van der Waals surface area contributed by atoms with Gasteiger partial charge in [-0.15, -0.1) is 0 Å². The van der Waals surface area contributed by atoms with Gasteiger partial charge in [-0.25, -0.2) is 9.89 Å². The highest BCUT2D eigenvalue weighted by atomic mass is 35.5. The Morgan fingerprint density at radius 3 is 2.57 bits per heavy atom. The summed E-state index contributed by atoms with van der Waals surface area (Å²) in [5.41, 5.74) is 1.12. The van der Waals surface area contributed by atoms with Crippen molar-refractivity contribution in [2.45, 2.75) is 0 Å². The summed E-state index contributed by atoms with van der Waals surface area (Å²) in [6.45, 7) is 0. The highest BCUT2D eigenvalue weighted by Gasteiger charge is 2.09. The van der Waals surface area contributed by atoms with Crippen molar-refractivity contribution in [1.29, 1.82) is 0 Å². The zero-order valence-corrected chi connectivity index (χ0v) is 11.7. The van der Waals surface area contributed by atoms with Crippen molar-refractivity contribution in [2.24, 2.45) is 5.10 Å². The second-order valence-electron chi connectivity index (χ2n) is 4.30. The lowest BCUT2D eigenvalue weighted by molar-refractivity contribution is 0.842. The van der Waals surface area contributed by atoms with E-state index >= 15 is 0 Å². The Morgan fingerprint density at radius 1 is 1.10 bits per heavy atom. The number of hydrogen-bond donors (Lipinski definition) is 1. The molecule has 0 fully saturated rings. The summed E-state index contributed by atoms with van der Waals surface area (Å²) >= 11 is 6.06. The molecule has 0 unspecified atom stereocenters. The molecule has 0 saturated carbocycles. The van der Waals surface area contributed by atoms with E-state index in [2.05, 4.69) is 15.3 Å². The van der Waals surface area contributed by atoms with Gasteiger partial charge in [0.2, 0.25) is 0 Å². The van der Waals surface area contributed by atoms with Crippen LogP contribution < -0.4 is 5.69 Å². The van der Waals surface area contributed by atoms with Crippen molar-refractivity contribution in [3.8, 4) is 11.4 Å². The molecule has 5 nitrogen and oxygen atoms in total. The fourth-order valence-corrected chi connectivity index (χ4v) is 2.06. The summed E-state index contributed by atoms with van der Waals surface area (Å²) in [4.78, 5) is 11.8. The van der Waals surface area contributed by atoms with Crippen LogP contribution in [0.4, 0.5) is 0 Å². The number of benzene rings is 2. The second-order valence-corrected chi connectivity index (χ2v) is 4.70. The van der Waals surface area contributed by atoms with Crippen LogP contribution in [0.3, 0.4) is 0 Å². The summed E-state index contributed by atoms with van der Waals surface area (Å²) in [6.07, 6.45) is 1.53. The number of hydrogen-bond acceptors (Lipinski definition) is 3. The minimum absolute atomic E-state index is 0.405. The van der Waals surface area contributed by atoms with E-state index in [9.17, 15) is 4.79 Å². The smallest absolute Gasteiger partial charge is 0.244 e. The van der Waals surface area contributed by atoms with E-state index in [0.29, 0.717) is 10.8 Å². The number of nitrogens with one attached hydrogen (secondary N) is 1. The first-order chi connectivity index (χ1) is 10.3. The van der Waals surface area contributed by atoms with Crippen molar-refractivity contribution in [3.05, 3.63) is 75.7 Å². The first-order valence-corrected chi connectivity index (χ1v) is 6.65. The molecule has 0 saturated heterocycles. The van der Waals surface area contributed by atoms with Gasteiger partial charge >= 0.3 is 5.69 Å². The largest absolute Gasteiger partial charge is 0.364 e. The standard InChI is InChI=1S/C15H11ClN4O/c16-13-9-5-4-8-12(13)10-17-20-14(18-19-15(20)21)11-6-2-1-3-7-11/h1-10H,(H,19,21)/b17-10+. The van der Waals surface area contributed by atoms with Gasteiger partial charge < -0.3 is 0 Å². The van der Waals surface area contributed by atoms with Crippen LogP contribution in [0.2, 0.25) is 5.02 Å². The molecule has 0 atom stereocenters. The lowest BCUT2D eigenvalue weighted by atomic mass is 10.2. The zero-order valence-electron chi connectivity index (χ0n) is 10.9. The van der Waals surface area contributed by atoms with Gasteiger partial charge in [0.15, 0.2) is 5.82 Å². The average Bonchev–Trinajstić information content (AvgIpc) is 2.88. The summed E-state index contributed by atoms with van der Waals surface area (Å²) in [5, 5.41) is 11.1. The van der Waals surface area contributed by atoms with Gasteiger partial charge in [0, 0.05) is 16.1 Å². The van der Waals surface area contributed by atoms with E-state index in [1.54, 1.807) is 6.07 Å². The Kier molecular flexibility index (Phi) is 3.66. The van der Waals surface area contributed by atoms with E-state index in [0.717, 1.165) is 11.1 Å². The van der Waals surface area contributed by atoms with Crippen LogP contribution in [0.25, 0.3) is 11.4 Å². The minimum Gasteiger partial charge on any atom is -0.244 e. The normalized spacial score (nSPS) is 11.1. The third-order valence-electron chi connectivity index (χ3n) is 2.90. The van der Waals surface area contributed by atoms with Crippen molar-refractivity contribution in [1.82, 2.24) is 14.9 Å². The van der Waals surface area contributed by atoms with E-state index in [1.165, 1.54) is 10.9 Å². The van der Waals surface area contributed by atoms with Crippen molar-refractivity contribution in [2.75, 3.05) is 0 Å². The van der Waals surface area contributed by atoms with Crippen LogP contribution in [-0.4, -0.2) is 21.1 Å². The van der Waals surface area contributed by atoms with Gasteiger partial charge in [0.1, 0.15) is 0 Å². The zero-order chi connectivity index (χ0) is 14.7. The molecule has 3 aromatic rings. The molecule has 2 aromatic carbocycles. The number of nitrogens with zero attached hydrogens (tertiary/aromatic N) is 3. The SMILES string of the molecule is O=c1[nH]nc(-c2ccccc2)n1/N=C/c1ccccc1Cl. The number of halogens is 1. The molecular formula is C15H11ClN4O. The lowest BCUT2D eigenvalue weighted by Crippen LogP contribution is -2.13. The maximum absolute atomic E-state index is 11.8. The molecule has 104 valence electrons. The molecule has 0 amide bonds. The van der Waals surface area contributed by atoms with Crippen molar-refractivity contribution < 1.29 is 0 Å². The number of H-pyrrole nitrogens is 1. The molecule has 1 heterocycles. The highest BCUT2D eigenvalue weighted by molar-refractivity contribution is 6.33. The van der Waals surface area contributed by atoms with Crippen molar-refractivity contribution >= 4 is 17.8 Å². The molecule has 0 aliphatic heterocycles. The molecule has 1 N–H and O–H groups in total. The predicted molar refractivity (Wildman–Crippen MR) is 82.7 cm³/mol. The van der Waals surface area contributed by atoms with Gasteiger partial charge in [-0.3, -0.25) is 0 Å². The fourth-order valence-electron chi connectivity index (χ4n) is 1.87. The molecule has 0 bridgehead atoms. The van der Waals surface area contributed by atoms with Gasteiger partial charge in [-0.1, -0.05) is 60.1 Å². The van der Waals surface area contributed by atoms with Crippen LogP contribution in [0.15, 0.2) is 64.5 Å². The molecule has 0 aliphatic rings. The molecule has 1 aromatic heterocycles. The van der Waals surface area contributed by atoms with Gasteiger partial charge in [0.25, 0.3) is 0 Å². The van der Waals surface area contributed by atoms with E-state index in [-0.39, 0.29) is 0 Å². The Balaban J connectivity index is 2.02. The van der Waals surface area contributed by atoms with Crippen LogP contribution in [0.5, 0.6) is 0 Å². The van der Waals surface area contributed by atoms with Crippen LogP contribution >= 0.6 is 11.6 Å². The molecule has 0 spiro atoms. The summed E-state index contributed by atoms with van der Waals surface area (Å²) < 4.78 is 1.21. The molecule has 6 heteroatoms. The lowest BCUT2D eigenvalue weighted by Gasteiger charge is -2.00. The third-order valence-corrected chi connectivity index (χ3v) is 3.24. The monoisotopic (exact) mass is 298 g/mol. The Hall–Kier alpha value is -2.66. The predicted octanol–water partition coefficient (Wildman–Crippen LogP) is 2.77. The van der Waals surface area contributed by atoms with Crippen LogP contribution in [0.1, 0.15) is 5.56 Å². The Labute approximate surface area is 125 Å². The molecule has 3 rings (SSSR count). The van der Waals surface area contributed by atoms with E-state index in [1.807, 2.05) is 48.5 Å². The quantitative estimate of drug-likeness (QED) is 0.756. The first-order valence-electron chi connectivity index (χ1n) is 6.27. The van der Waals surface area contributed by atoms with Gasteiger partial charge in [-0.05, 0) is 6.07 Å². The van der Waals surface area contributed by atoms with E-state index < -0.39 is 5.69 Å². The Bertz CT molecular complexity index is 836. The average molecular weight is 299 g/mol. The number of aromatic nitrogens is 3. The topological polar surface area (TPSA) is 63.0 Å². The number of aromatic amines is 1. The molecular weight excluding hydrogens is 288 g/mol. The second kappa shape index (κ2) is 5.76. The highest BCUT2D eigenvalue weighted by Crippen LogP contribution is 2.15. The summed E-state index contributed by atoms with van der Waals surface area (Å²) in [5.74, 6) is 0.448. The van der Waals surface area contributed by atoms with Crippen LogP contribution in [-0.2, 0) is 0 Å². The molecule has 0 radical (unpaired) electrons. The molecule has 21 heavy (non-hydrogen) atoms. The van der Waals surface area contributed by atoms with Crippen LogP contribution in [0, 0.1) is 0 Å². The molecule has 0 aliphatic carbocycles. The maximum Gasteiger partial charge on any atom is 0.364 e.